The molecule has 33 heavy (non-hydrogen) atoms. The van der Waals surface area contributed by atoms with Gasteiger partial charge in [-0.25, -0.2) is 13.2 Å². The van der Waals surface area contributed by atoms with Crippen LogP contribution in [0.2, 0.25) is 0 Å². The summed E-state index contributed by atoms with van der Waals surface area (Å²) in [5, 5.41) is 11.7. The average molecular weight is 472 g/mol. The largest absolute Gasteiger partial charge is 0.461 e. The molecular formula is C23H18F2N2O5S. The van der Waals surface area contributed by atoms with Gasteiger partial charge in [0.05, 0.1) is 39.5 Å². The first-order valence-electron chi connectivity index (χ1n) is 9.91. The number of alkyl halides is 2. The average Bonchev–Trinajstić information content (AvgIpc) is 3.00. The molecule has 2 heterocycles. The number of allylic oxidation sites excluding steroid dienone is 2. The van der Waals surface area contributed by atoms with Crippen molar-refractivity contribution in [2.45, 2.75) is 30.8 Å². The Hall–Kier alpha value is -3.71. The third kappa shape index (κ3) is 3.85. The molecule has 2 aromatic carbocycles. The van der Waals surface area contributed by atoms with Crippen LogP contribution < -0.4 is 10.1 Å². The number of carbonyl (C=O) groups is 1. The number of sulfone groups is 1. The van der Waals surface area contributed by atoms with Crippen LogP contribution in [0.1, 0.15) is 30.4 Å². The van der Waals surface area contributed by atoms with Gasteiger partial charge in [0.2, 0.25) is 9.84 Å². The zero-order valence-corrected chi connectivity index (χ0v) is 18.2. The van der Waals surface area contributed by atoms with Crippen molar-refractivity contribution in [3.05, 3.63) is 75.8 Å². The van der Waals surface area contributed by atoms with Gasteiger partial charge in [0.25, 0.3) is 0 Å². The Bertz CT molecular complexity index is 1340. The molecule has 2 aromatic rings. The van der Waals surface area contributed by atoms with Crippen LogP contribution in [-0.2, 0) is 19.4 Å². The van der Waals surface area contributed by atoms with Crippen LogP contribution in [0.25, 0.3) is 5.70 Å². The second kappa shape index (κ2) is 8.67. The number of rotatable bonds is 6. The van der Waals surface area contributed by atoms with E-state index >= 15 is 0 Å². The van der Waals surface area contributed by atoms with E-state index < -0.39 is 28.3 Å². The van der Waals surface area contributed by atoms with Gasteiger partial charge in [0, 0.05) is 16.8 Å². The molecule has 0 saturated carbocycles. The first kappa shape index (κ1) is 22.5. The summed E-state index contributed by atoms with van der Waals surface area (Å²) in [5.74, 6) is -2.37. The highest BCUT2D eigenvalue weighted by Crippen LogP contribution is 2.52. The molecule has 0 amide bonds. The zero-order valence-electron chi connectivity index (χ0n) is 17.3. The summed E-state index contributed by atoms with van der Waals surface area (Å²) in [6.07, 6.45) is -0.0566. The van der Waals surface area contributed by atoms with Crippen LogP contribution in [0, 0.1) is 11.3 Å². The lowest BCUT2D eigenvalue weighted by molar-refractivity contribution is -0.139. The monoisotopic (exact) mass is 472 g/mol. The molecule has 1 atom stereocenters. The Morgan fingerprint density at radius 2 is 1.88 bits per heavy atom. The van der Waals surface area contributed by atoms with Gasteiger partial charge in [-0.2, -0.15) is 14.0 Å². The van der Waals surface area contributed by atoms with E-state index in [4.69, 9.17) is 10.00 Å². The molecule has 7 nitrogen and oxygen atoms in total. The third-order valence-electron chi connectivity index (χ3n) is 5.36. The number of dihydropyridines is 1. The topological polar surface area (TPSA) is 105 Å². The summed E-state index contributed by atoms with van der Waals surface area (Å²) in [7, 11) is -4.08. The Balaban J connectivity index is 1.94. The van der Waals surface area contributed by atoms with Gasteiger partial charge in [-0.3, -0.25) is 0 Å². The van der Waals surface area contributed by atoms with E-state index in [-0.39, 0.29) is 45.4 Å². The number of halogens is 2. The Kier molecular flexibility index (Phi) is 5.91. The van der Waals surface area contributed by atoms with Crippen molar-refractivity contribution in [2.75, 3.05) is 6.61 Å². The lowest BCUT2D eigenvalue weighted by atomic mass is 9.85. The predicted octanol–water partition coefficient (Wildman–Crippen LogP) is 3.86. The highest BCUT2D eigenvalue weighted by Gasteiger charge is 2.47. The summed E-state index contributed by atoms with van der Waals surface area (Å²) in [6, 6.07) is 13.9. The quantitative estimate of drug-likeness (QED) is 0.503. The van der Waals surface area contributed by atoms with Gasteiger partial charge >= 0.3 is 12.6 Å². The van der Waals surface area contributed by atoms with E-state index in [1.807, 2.05) is 6.07 Å². The first-order chi connectivity index (χ1) is 15.8. The second-order valence-corrected chi connectivity index (χ2v) is 9.18. The number of para-hydroxylation sites is 1. The highest BCUT2D eigenvalue weighted by molar-refractivity contribution is 7.96. The fourth-order valence-corrected chi connectivity index (χ4v) is 6.02. The van der Waals surface area contributed by atoms with E-state index in [9.17, 15) is 22.0 Å². The van der Waals surface area contributed by atoms with Crippen LogP contribution in [0.4, 0.5) is 8.78 Å². The smallest absolute Gasteiger partial charge is 0.387 e. The minimum atomic E-state index is -4.08. The Labute approximate surface area is 188 Å². The van der Waals surface area contributed by atoms with E-state index in [0.717, 1.165) is 0 Å². The van der Waals surface area contributed by atoms with E-state index in [0.29, 0.717) is 11.3 Å². The molecule has 0 aromatic heterocycles. The van der Waals surface area contributed by atoms with Gasteiger partial charge in [-0.1, -0.05) is 36.4 Å². The summed E-state index contributed by atoms with van der Waals surface area (Å²) < 4.78 is 63.3. The third-order valence-corrected chi connectivity index (χ3v) is 7.32. The molecule has 0 aliphatic carbocycles. The van der Waals surface area contributed by atoms with Gasteiger partial charge in [0.15, 0.2) is 0 Å². The number of hydrogen-bond acceptors (Lipinski definition) is 7. The normalized spacial score (nSPS) is 18.3. The van der Waals surface area contributed by atoms with Crippen molar-refractivity contribution in [1.29, 1.82) is 5.26 Å². The molecule has 0 fully saturated rings. The maximum Gasteiger partial charge on any atom is 0.387 e. The predicted molar refractivity (Wildman–Crippen MR) is 113 cm³/mol. The summed E-state index contributed by atoms with van der Waals surface area (Å²) >= 11 is 0. The fourth-order valence-electron chi connectivity index (χ4n) is 4.08. The standard InChI is InChI=1S/C23H18F2N2O5S/c1-13-18(22(28)31-12-6-11-26)19(14-7-2-4-9-16(14)32-23(24)25)21-20(27-13)15-8-3-5-10-17(15)33(21,29)30/h2-5,7-10,19,23,27H,6,12H2,1H3. The number of benzene rings is 2. The zero-order chi connectivity index (χ0) is 23.8. The number of hydrogen-bond donors (Lipinski definition) is 1. The van der Waals surface area contributed by atoms with Gasteiger partial charge in [-0.05, 0) is 19.1 Å². The number of carbonyl (C=O) groups excluding carboxylic acids is 1. The number of ether oxygens (including phenoxy) is 2. The maximum atomic E-state index is 13.6. The maximum absolute atomic E-state index is 13.6. The molecule has 0 spiro atoms. The molecule has 0 bridgehead atoms. The molecule has 0 radical (unpaired) electrons. The molecule has 2 aliphatic rings. The van der Waals surface area contributed by atoms with Crippen LogP contribution in [0.15, 0.2) is 69.6 Å². The van der Waals surface area contributed by atoms with Crippen molar-refractivity contribution in [3.8, 4) is 11.8 Å². The summed E-state index contributed by atoms with van der Waals surface area (Å²) in [4.78, 5) is 12.9. The van der Waals surface area contributed by atoms with E-state index in [2.05, 4.69) is 10.1 Å². The van der Waals surface area contributed by atoms with Gasteiger partial charge < -0.3 is 14.8 Å². The van der Waals surface area contributed by atoms with Gasteiger partial charge in [-0.15, -0.1) is 0 Å². The lowest BCUT2D eigenvalue weighted by Crippen LogP contribution is -2.30. The Morgan fingerprint density at radius 1 is 1.18 bits per heavy atom. The van der Waals surface area contributed by atoms with E-state index in [1.165, 1.54) is 24.3 Å². The number of fused-ring (bicyclic) bond motifs is 2. The SMILES string of the molecule is CC1=C(C(=O)OCCC#N)C(c2ccccc2OC(F)F)C2=C(N1)c1ccccc1S2(=O)=O. The number of nitrogens with one attached hydrogen (secondary N) is 1. The van der Waals surface area contributed by atoms with Gasteiger partial charge in [0.1, 0.15) is 12.4 Å². The molecular weight excluding hydrogens is 454 g/mol. The molecule has 0 saturated heterocycles. The fraction of sp³-hybridized carbons (Fsp3) is 0.217. The first-order valence-corrected chi connectivity index (χ1v) is 11.4. The summed E-state index contributed by atoms with van der Waals surface area (Å²) in [5.41, 5.74) is 1.01. The second-order valence-electron chi connectivity index (χ2n) is 7.30. The van der Waals surface area contributed by atoms with Crippen LogP contribution in [0.5, 0.6) is 5.75 Å². The molecule has 4 rings (SSSR count). The van der Waals surface area contributed by atoms with Crippen LogP contribution in [0.3, 0.4) is 0 Å². The number of nitriles is 1. The molecule has 1 N–H and O–H groups in total. The minimum absolute atomic E-state index is 0.0478. The highest BCUT2D eigenvalue weighted by atomic mass is 32.2. The van der Waals surface area contributed by atoms with Crippen molar-refractivity contribution in [2.24, 2.45) is 0 Å². The van der Waals surface area contributed by atoms with Crippen LogP contribution in [-0.4, -0.2) is 27.6 Å². The van der Waals surface area contributed by atoms with E-state index in [1.54, 1.807) is 31.2 Å². The molecule has 170 valence electrons. The van der Waals surface area contributed by atoms with Crippen molar-refractivity contribution in [3.63, 3.8) is 0 Å². The van der Waals surface area contributed by atoms with Crippen LogP contribution >= 0.6 is 0 Å². The van der Waals surface area contributed by atoms with Crippen molar-refractivity contribution in [1.82, 2.24) is 5.32 Å². The number of nitrogens with zero attached hydrogens (tertiary/aromatic N) is 1. The van der Waals surface area contributed by atoms with Crippen molar-refractivity contribution >= 4 is 21.5 Å². The molecule has 10 heteroatoms. The molecule has 2 aliphatic heterocycles. The number of esters is 1. The molecule has 1 unspecified atom stereocenters. The summed E-state index contributed by atoms with van der Waals surface area (Å²) in [6.45, 7) is -1.79. The van der Waals surface area contributed by atoms with Crippen molar-refractivity contribution < 1.29 is 31.5 Å². The Morgan fingerprint density at radius 3 is 2.61 bits per heavy atom. The minimum Gasteiger partial charge on any atom is -0.461 e. The lowest BCUT2D eigenvalue weighted by Gasteiger charge is -2.30.